The van der Waals surface area contributed by atoms with Crippen LogP contribution in [0.5, 0.6) is 11.6 Å². The predicted molar refractivity (Wildman–Crippen MR) is 116 cm³/mol. The number of amides is 1. The van der Waals surface area contributed by atoms with Crippen molar-refractivity contribution >= 4 is 23.2 Å². The molecule has 0 bridgehead atoms. The van der Waals surface area contributed by atoms with Gasteiger partial charge in [0.1, 0.15) is 12.4 Å². The van der Waals surface area contributed by atoms with E-state index in [1.165, 1.54) is 0 Å². The van der Waals surface area contributed by atoms with Crippen LogP contribution in [-0.2, 0) is 4.79 Å². The van der Waals surface area contributed by atoms with Gasteiger partial charge in [0.15, 0.2) is 18.1 Å². The Balaban J connectivity index is 1.31. The lowest BCUT2D eigenvalue weighted by Crippen LogP contribution is -2.32. The molecule has 0 fully saturated rings. The number of nitrogens with zero attached hydrogens (tertiary/aromatic N) is 4. The van der Waals surface area contributed by atoms with Crippen LogP contribution in [0, 0.1) is 6.92 Å². The van der Waals surface area contributed by atoms with Gasteiger partial charge in [-0.25, -0.2) is 0 Å². The standard InChI is InChI=1S/C22H20ClN5O3/c1-15-5-4-6-16(13-15)31-14-20(29)24-11-12-30-21-10-9-19-25-26-22(28(19)27-21)17-7-2-3-8-18(17)23/h2-10,13H,11-12,14H2,1H3,(H,24,29). The number of aryl methyl sites for hydroxylation is 1. The average molecular weight is 438 g/mol. The molecule has 0 saturated heterocycles. The second-order valence-electron chi connectivity index (χ2n) is 6.75. The number of halogens is 1. The number of ether oxygens (including phenoxy) is 2. The lowest BCUT2D eigenvalue weighted by atomic mass is 10.2. The summed E-state index contributed by atoms with van der Waals surface area (Å²) in [6.07, 6.45) is 0. The fourth-order valence-electron chi connectivity index (χ4n) is 2.91. The van der Waals surface area contributed by atoms with Crippen molar-refractivity contribution in [2.45, 2.75) is 6.92 Å². The first kappa shape index (κ1) is 20.6. The molecule has 9 heteroatoms. The molecule has 158 valence electrons. The molecule has 2 heterocycles. The van der Waals surface area contributed by atoms with Gasteiger partial charge in [-0.05, 0) is 42.8 Å². The first-order valence-electron chi connectivity index (χ1n) is 9.66. The van der Waals surface area contributed by atoms with E-state index in [0.29, 0.717) is 34.7 Å². The van der Waals surface area contributed by atoms with Crippen LogP contribution < -0.4 is 14.8 Å². The van der Waals surface area contributed by atoms with E-state index in [1.807, 2.05) is 49.4 Å². The van der Waals surface area contributed by atoms with Crippen molar-refractivity contribution in [2.75, 3.05) is 19.8 Å². The number of nitrogens with one attached hydrogen (secondary N) is 1. The first-order chi connectivity index (χ1) is 15.1. The molecule has 2 aromatic heterocycles. The van der Waals surface area contributed by atoms with E-state index in [0.717, 1.165) is 11.1 Å². The maximum absolute atomic E-state index is 11.9. The normalized spacial score (nSPS) is 10.8. The fraction of sp³-hybridized carbons (Fsp3) is 0.182. The number of benzene rings is 2. The topological polar surface area (TPSA) is 90.6 Å². The second kappa shape index (κ2) is 9.44. The summed E-state index contributed by atoms with van der Waals surface area (Å²) >= 11 is 6.27. The molecule has 0 aliphatic rings. The Bertz CT molecular complexity index is 1210. The Kier molecular flexibility index (Phi) is 6.28. The monoisotopic (exact) mass is 437 g/mol. The van der Waals surface area contributed by atoms with Crippen molar-refractivity contribution in [1.29, 1.82) is 0 Å². The van der Waals surface area contributed by atoms with Crippen molar-refractivity contribution in [3.05, 3.63) is 71.2 Å². The van der Waals surface area contributed by atoms with Gasteiger partial charge in [0, 0.05) is 11.6 Å². The van der Waals surface area contributed by atoms with E-state index >= 15 is 0 Å². The highest BCUT2D eigenvalue weighted by molar-refractivity contribution is 6.33. The maximum atomic E-state index is 11.9. The van der Waals surface area contributed by atoms with Crippen LogP contribution in [0.3, 0.4) is 0 Å². The zero-order chi connectivity index (χ0) is 21.6. The van der Waals surface area contributed by atoms with Crippen LogP contribution in [0.1, 0.15) is 5.56 Å². The van der Waals surface area contributed by atoms with Gasteiger partial charge in [-0.3, -0.25) is 4.79 Å². The highest BCUT2D eigenvalue weighted by atomic mass is 35.5. The lowest BCUT2D eigenvalue weighted by molar-refractivity contribution is -0.123. The number of carbonyl (C=O) groups is 1. The quantitative estimate of drug-likeness (QED) is 0.425. The number of hydrogen-bond acceptors (Lipinski definition) is 6. The molecule has 8 nitrogen and oxygen atoms in total. The van der Waals surface area contributed by atoms with Gasteiger partial charge in [-0.15, -0.1) is 15.3 Å². The molecule has 0 spiro atoms. The van der Waals surface area contributed by atoms with Gasteiger partial charge < -0.3 is 14.8 Å². The Morgan fingerprint density at radius 1 is 1.06 bits per heavy atom. The highest BCUT2D eigenvalue weighted by Crippen LogP contribution is 2.26. The molecular formula is C22H20ClN5O3. The third-order valence-corrected chi connectivity index (χ3v) is 4.72. The van der Waals surface area contributed by atoms with E-state index in [1.54, 1.807) is 22.7 Å². The van der Waals surface area contributed by atoms with Gasteiger partial charge in [-0.1, -0.05) is 35.9 Å². The highest BCUT2D eigenvalue weighted by Gasteiger charge is 2.13. The molecular weight excluding hydrogens is 418 g/mol. The van der Waals surface area contributed by atoms with Crippen LogP contribution in [0.25, 0.3) is 17.0 Å². The number of fused-ring (bicyclic) bond motifs is 1. The van der Waals surface area contributed by atoms with Crippen molar-refractivity contribution in [3.8, 4) is 23.0 Å². The summed E-state index contributed by atoms with van der Waals surface area (Å²) in [5.74, 6) is 1.33. The Hall–Kier alpha value is -3.65. The molecule has 0 aliphatic carbocycles. The molecule has 0 saturated carbocycles. The summed E-state index contributed by atoms with van der Waals surface area (Å²) in [4.78, 5) is 11.9. The SMILES string of the molecule is Cc1cccc(OCC(=O)NCCOc2ccc3nnc(-c4ccccc4Cl)n3n2)c1. The summed E-state index contributed by atoms with van der Waals surface area (Å²) < 4.78 is 12.7. The molecule has 4 aromatic rings. The van der Waals surface area contributed by atoms with Gasteiger partial charge in [0.25, 0.3) is 5.91 Å². The average Bonchev–Trinajstić information content (AvgIpc) is 3.19. The van der Waals surface area contributed by atoms with Gasteiger partial charge in [0.2, 0.25) is 5.88 Å². The minimum Gasteiger partial charge on any atom is -0.484 e. The Morgan fingerprint density at radius 2 is 1.94 bits per heavy atom. The van der Waals surface area contributed by atoms with Gasteiger partial charge >= 0.3 is 0 Å². The number of carbonyl (C=O) groups excluding carboxylic acids is 1. The molecule has 31 heavy (non-hydrogen) atoms. The summed E-state index contributed by atoms with van der Waals surface area (Å²) in [5.41, 5.74) is 2.37. The minimum atomic E-state index is -0.228. The first-order valence-corrected chi connectivity index (χ1v) is 10.0. The van der Waals surface area contributed by atoms with E-state index in [4.69, 9.17) is 21.1 Å². The van der Waals surface area contributed by atoms with Crippen molar-refractivity contribution in [3.63, 3.8) is 0 Å². The van der Waals surface area contributed by atoms with E-state index in [9.17, 15) is 4.79 Å². The smallest absolute Gasteiger partial charge is 0.258 e. The van der Waals surface area contributed by atoms with Crippen molar-refractivity contribution in [2.24, 2.45) is 0 Å². The largest absolute Gasteiger partial charge is 0.484 e. The lowest BCUT2D eigenvalue weighted by Gasteiger charge is -2.09. The van der Waals surface area contributed by atoms with Crippen LogP contribution in [-0.4, -0.2) is 45.5 Å². The molecule has 0 aliphatic heterocycles. The summed E-state index contributed by atoms with van der Waals surface area (Å²) in [6, 6.07) is 18.3. The third kappa shape index (κ3) is 5.10. The summed E-state index contributed by atoms with van der Waals surface area (Å²) in [6.45, 7) is 2.47. The van der Waals surface area contributed by atoms with E-state index < -0.39 is 0 Å². The number of rotatable bonds is 8. The molecule has 4 rings (SSSR count). The van der Waals surface area contributed by atoms with Crippen LogP contribution in [0.15, 0.2) is 60.7 Å². The summed E-state index contributed by atoms with van der Waals surface area (Å²) in [5, 5.41) is 16.0. The molecule has 0 radical (unpaired) electrons. The fourth-order valence-corrected chi connectivity index (χ4v) is 3.13. The van der Waals surface area contributed by atoms with Gasteiger partial charge in [-0.2, -0.15) is 4.52 Å². The third-order valence-electron chi connectivity index (χ3n) is 4.39. The minimum absolute atomic E-state index is 0.0600. The van der Waals surface area contributed by atoms with E-state index in [-0.39, 0.29) is 19.1 Å². The predicted octanol–water partition coefficient (Wildman–Crippen LogP) is 3.33. The number of aromatic nitrogens is 4. The van der Waals surface area contributed by atoms with Crippen molar-refractivity contribution in [1.82, 2.24) is 25.1 Å². The maximum Gasteiger partial charge on any atom is 0.258 e. The van der Waals surface area contributed by atoms with E-state index in [2.05, 4.69) is 20.6 Å². The van der Waals surface area contributed by atoms with Crippen LogP contribution >= 0.6 is 11.6 Å². The molecule has 1 amide bonds. The molecule has 0 unspecified atom stereocenters. The van der Waals surface area contributed by atoms with Gasteiger partial charge in [0.05, 0.1) is 11.6 Å². The Labute approximate surface area is 183 Å². The Morgan fingerprint density at radius 3 is 2.77 bits per heavy atom. The zero-order valence-electron chi connectivity index (χ0n) is 16.8. The van der Waals surface area contributed by atoms with Crippen LogP contribution in [0.2, 0.25) is 5.02 Å². The summed E-state index contributed by atoms with van der Waals surface area (Å²) in [7, 11) is 0. The number of hydrogen-bond donors (Lipinski definition) is 1. The second-order valence-corrected chi connectivity index (χ2v) is 7.16. The molecule has 2 aromatic carbocycles. The van der Waals surface area contributed by atoms with Crippen LogP contribution in [0.4, 0.5) is 0 Å². The van der Waals surface area contributed by atoms with Crippen molar-refractivity contribution < 1.29 is 14.3 Å². The molecule has 0 atom stereocenters. The molecule has 1 N–H and O–H groups in total. The zero-order valence-corrected chi connectivity index (χ0v) is 17.5.